The van der Waals surface area contributed by atoms with Crippen LogP contribution in [-0.2, 0) is 23.9 Å². The number of aliphatic carboxylic acids is 2. The molecule has 0 spiro atoms. The number of hydrogen-bond acceptors (Lipinski definition) is 7. The molecule has 9 nitrogen and oxygen atoms in total. The molecule has 0 bridgehead atoms. The van der Waals surface area contributed by atoms with E-state index < -0.39 is 42.7 Å². The highest BCUT2D eigenvalue weighted by Crippen LogP contribution is 2.24. The predicted molar refractivity (Wildman–Crippen MR) is 113 cm³/mol. The number of Topliss-reactive ketones (excluding diaryl/α,β-unsaturated/α-hetero) is 1. The van der Waals surface area contributed by atoms with E-state index in [2.05, 4.69) is 6.58 Å². The maximum absolute atomic E-state index is 13.0. The molecule has 0 fully saturated rings. The van der Waals surface area contributed by atoms with Gasteiger partial charge in [0.25, 0.3) is 0 Å². The molecule has 1 aromatic rings. The zero-order valence-electron chi connectivity index (χ0n) is 18.0. The van der Waals surface area contributed by atoms with Gasteiger partial charge in [0.05, 0.1) is 6.61 Å². The lowest BCUT2D eigenvalue weighted by Crippen LogP contribution is -2.39. The van der Waals surface area contributed by atoms with Crippen LogP contribution in [0.4, 0.5) is 5.69 Å². The van der Waals surface area contributed by atoms with E-state index in [0.717, 1.165) is 6.08 Å². The summed E-state index contributed by atoms with van der Waals surface area (Å²) in [4.78, 5) is 47.4. The molecule has 31 heavy (non-hydrogen) atoms. The highest BCUT2D eigenvalue weighted by Gasteiger charge is 2.33. The third-order valence-corrected chi connectivity index (χ3v) is 4.73. The fraction of sp³-hybridized carbons (Fsp3) is 0.455. The Morgan fingerprint density at radius 2 is 1.68 bits per heavy atom. The molecule has 0 aliphatic carbocycles. The van der Waals surface area contributed by atoms with E-state index in [4.69, 9.17) is 19.7 Å². The van der Waals surface area contributed by atoms with Crippen molar-refractivity contribution >= 4 is 29.4 Å². The molecule has 0 amide bonds. The normalized spacial score (nSPS) is 13.5. The second-order valence-corrected chi connectivity index (χ2v) is 7.19. The Morgan fingerprint density at radius 3 is 2.13 bits per heavy atom. The summed E-state index contributed by atoms with van der Waals surface area (Å²) in [7, 11) is 0. The lowest BCUT2D eigenvalue weighted by Gasteiger charge is -2.28. The van der Waals surface area contributed by atoms with Gasteiger partial charge in [-0.2, -0.15) is 0 Å². The molecule has 0 aliphatic heterocycles. The van der Waals surface area contributed by atoms with Crippen molar-refractivity contribution in [3.8, 4) is 0 Å². The summed E-state index contributed by atoms with van der Waals surface area (Å²) in [5, 5.41) is 18.0. The van der Waals surface area contributed by atoms with Gasteiger partial charge in [-0.05, 0) is 44.5 Å². The maximum Gasteiger partial charge on any atom is 0.330 e. The van der Waals surface area contributed by atoms with Crippen molar-refractivity contribution in [2.75, 3.05) is 24.6 Å². The van der Waals surface area contributed by atoms with Crippen molar-refractivity contribution in [2.45, 2.75) is 45.3 Å². The lowest BCUT2D eigenvalue weighted by molar-refractivity contribution is -0.143. The summed E-state index contributed by atoms with van der Waals surface area (Å²) in [5.41, 5.74) is -0.381. The highest BCUT2D eigenvalue weighted by atomic mass is 16.5. The number of carboxylic acid groups (broad SMARTS) is 2. The van der Waals surface area contributed by atoms with Crippen LogP contribution < -0.4 is 4.90 Å². The van der Waals surface area contributed by atoms with Crippen molar-refractivity contribution in [2.24, 2.45) is 0 Å². The summed E-state index contributed by atoms with van der Waals surface area (Å²) >= 11 is 0. The molecule has 0 heterocycles. The van der Waals surface area contributed by atoms with Gasteiger partial charge in [-0.3, -0.25) is 14.4 Å². The van der Waals surface area contributed by atoms with Crippen molar-refractivity contribution in [3.63, 3.8) is 0 Å². The molecule has 1 rings (SSSR count). The number of carboxylic acids is 2. The van der Waals surface area contributed by atoms with Gasteiger partial charge in [-0.15, -0.1) is 0 Å². The molecule has 0 aliphatic rings. The van der Waals surface area contributed by atoms with Crippen LogP contribution in [0, 0.1) is 0 Å². The van der Waals surface area contributed by atoms with Gasteiger partial charge in [0, 0.05) is 23.7 Å². The Morgan fingerprint density at radius 1 is 1.13 bits per heavy atom. The topological polar surface area (TPSA) is 130 Å². The number of hydrogen-bond donors (Lipinski definition) is 2. The van der Waals surface area contributed by atoms with Crippen LogP contribution >= 0.6 is 0 Å². The minimum absolute atomic E-state index is 0.199. The molecule has 2 atom stereocenters. The molecule has 9 heteroatoms. The molecule has 0 aromatic heterocycles. The fourth-order valence-corrected chi connectivity index (χ4v) is 2.78. The van der Waals surface area contributed by atoms with Crippen LogP contribution in [0.2, 0.25) is 0 Å². The van der Waals surface area contributed by atoms with Crippen molar-refractivity contribution in [3.05, 3.63) is 42.5 Å². The first kappa shape index (κ1) is 25.8. The summed E-state index contributed by atoms with van der Waals surface area (Å²) < 4.78 is 10.9. The SMILES string of the molecule is C=CC(=O)OC(C)CCOC(C)(CC)C(=O)c1ccc(N(CC(=O)O)CC(=O)O)cc1. The summed E-state index contributed by atoms with van der Waals surface area (Å²) in [6.07, 6.45) is 1.49. The van der Waals surface area contributed by atoms with E-state index in [-0.39, 0.29) is 12.4 Å². The van der Waals surface area contributed by atoms with Gasteiger partial charge < -0.3 is 24.6 Å². The number of carbonyl (C=O) groups is 4. The van der Waals surface area contributed by atoms with Crippen molar-refractivity contribution < 1.29 is 38.9 Å². The molecule has 0 saturated heterocycles. The number of carbonyl (C=O) groups excluding carboxylic acids is 2. The smallest absolute Gasteiger partial charge is 0.330 e. The molecule has 0 radical (unpaired) electrons. The number of ketones is 1. The zero-order valence-corrected chi connectivity index (χ0v) is 18.0. The third-order valence-electron chi connectivity index (χ3n) is 4.73. The summed E-state index contributed by atoms with van der Waals surface area (Å²) in [6, 6.07) is 6.04. The van der Waals surface area contributed by atoms with Gasteiger partial charge >= 0.3 is 17.9 Å². The maximum atomic E-state index is 13.0. The molecule has 170 valence electrons. The van der Waals surface area contributed by atoms with E-state index in [1.165, 1.54) is 29.2 Å². The summed E-state index contributed by atoms with van der Waals surface area (Å²) in [6.45, 7) is 7.77. The minimum Gasteiger partial charge on any atom is -0.480 e. The Hall–Kier alpha value is -3.20. The first-order chi connectivity index (χ1) is 14.5. The average Bonchev–Trinajstić information content (AvgIpc) is 2.71. The molecule has 2 N–H and O–H groups in total. The number of rotatable bonds is 14. The predicted octanol–water partition coefficient (Wildman–Crippen LogP) is 2.54. The van der Waals surface area contributed by atoms with Crippen LogP contribution in [-0.4, -0.2) is 65.3 Å². The minimum atomic E-state index is -1.17. The first-order valence-corrected chi connectivity index (χ1v) is 9.82. The van der Waals surface area contributed by atoms with E-state index >= 15 is 0 Å². The van der Waals surface area contributed by atoms with Crippen LogP contribution in [0.15, 0.2) is 36.9 Å². The molecule has 1 aromatic carbocycles. The third kappa shape index (κ3) is 8.21. The van der Waals surface area contributed by atoms with Gasteiger partial charge in [-0.1, -0.05) is 13.5 Å². The van der Waals surface area contributed by atoms with Crippen molar-refractivity contribution in [1.82, 2.24) is 0 Å². The zero-order chi connectivity index (χ0) is 23.6. The standard InChI is InChI=1S/C22H29NO8/c1-5-20(28)31-15(3)11-12-30-22(4,6-2)21(29)16-7-9-17(10-8-16)23(13-18(24)25)14-19(26)27/h5,7-10,15H,1,6,11-14H2,2-4H3,(H,24,25)(H,26,27). The second kappa shape index (κ2) is 11.8. The van der Waals surface area contributed by atoms with Crippen LogP contribution in [0.25, 0.3) is 0 Å². The number of esters is 1. The van der Waals surface area contributed by atoms with Gasteiger partial charge in [-0.25, -0.2) is 4.79 Å². The Bertz CT molecular complexity index is 788. The average molecular weight is 435 g/mol. The molecule has 2 unspecified atom stereocenters. The molecular weight excluding hydrogens is 406 g/mol. The Labute approximate surface area is 181 Å². The van der Waals surface area contributed by atoms with Crippen molar-refractivity contribution in [1.29, 1.82) is 0 Å². The highest BCUT2D eigenvalue weighted by molar-refractivity contribution is 6.02. The van der Waals surface area contributed by atoms with E-state index in [0.29, 0.717) is 24.1 Å². The lowest BCUT2D eigenvalue weighted by atomic mass is 9.91. The fourth-order valence-electron chi connectivity index (χ4n) is 2.78. The quantitative estimate of drug-likeness (QED) is 0.257. The first-order valence-electron chi connectivity index (χ1n) is 9.82. The largest absolute Gasteiger partial charge is 0.480 e. The molecule has 0 saturated carbocycles. The van der Waals surface area contributed by atoms with E-state index in [9.17, 15) is 19.2 Å². The monoisotopic (exact) mass is 435 g/mol. The van der Waals surface area contributed by atoms with E-state index in [1.54, 1.807) is 13.8 Å². The summed E-state index contributed by atoms with van der Waals surface area (Å²) in [5.74, 6) is -3.12. The second-order valence-electron chi connectivity index (χ2n) is 7.19. The molecular formula is C22H29NO8. The van der Waals surface area contributed by atoms with Gasteiger partial charge in [0.2, 0.25) is 0 Å². The van der Waals surface area contributed by atoms with E-state index in [1.807, 2.05) is 6.92 Å². The Balaban J connectivity index is 2.85. The number of benzene rings is 1. The van der Waals surface area contributed by atoms with Crippen LogP contribution in [0.1, 0.15) is 44.0 Å². The van der Waals surface area contributed by atoms with Crippen LogP contribution in [0.3, 0.4) is 0 Å². The van der Waals surface area contributed by atoms with Gasteiger partial charge in [0.15, 0.2) is 5.78 Å². The Kier molecular flexibility index (Phi) is 9.88. The van der Waals surface area contributed by atoms with Crippen LogP contribution in [0.5, 0.6) is 0 Å². The van der Waals surface area contributed by atoms with Gasteiger partial charge in [0.1, 0.15) is 24.8 Å². The number of ether oxygens (including phenoxy) is 2. The number of nitrogens with zero attached hydrogens (tertiary/aromatic N) is 1. The number of anilines is 1.